The van der Waals surface area contributed by atoms with Crippen LogP contribution < -0.4 is 4.72 Å². The van der Waals surface area contributed by atoms with Crippen molar-refractivity contribution in [1.82, 2.24) is 29.5 Å². The Morgan fingerprint density at radius 2 is 1.95 bits per heavy atom. The van der Waals surface area contributed by atoms with Gasteiger partial charge in [0.15, 0.2) is 10.7 Å². The second kappa shape index (κ2) is 8.73. The minimum absolute atomic E-state index is 0.0532. The third-order valence-electron chi connectivity index (χ3n) is 7.01. The number of benzene rings is 1. The molecular weight excluding hydrogens is 524 g/mol. The Morgan fingerprint density at radius 3 is 2.59 bits per heavy atom. The molecule has 2 aliphatic carbocycles. The first-order valence-corrected chi connectivity index (χ1v) is 14.0. The number of aliphatic hydroxyl groups excluding tert-OH is 1. The molecule has 14 heteroatoms. The lowest BCUT2D eigenvalue weighted by atomic mass is 9.84. The Morgan fingerprint density at radius 1 is 1.19 bits per heavy atom. The molecule has 0 amide bonds. The third kappa shape index (κ3) is 4.15. The first-order chi connectivity index (χ1) is 17.7. The zero-order valence-corrected chi connectivity index (χ0v) is 20.9. The van der Waals surface area contributed by atoms with Crippen molar-refractivity contribution in [1.29, 1.82) is 0 Å². The maximum absolute atomic E-state index is 13.3. The van der Waals surface area contributed by atoms with Crippen LogP contribution in [0.1, 0.15) is 61.6 Å². The van der Waals surface area contributed by atoms with E-state index in [0.29, 0.717) is 59.0 Å². The molecule has 2 aliphatic rings. The molecule has 2 fully saturated rings. The van der Waals surface area contributed by atoms with Gasteiger partial charge < -0.3 is 5.11 Å². The number of rotatable bonds is 6. The molecule has 1 aromatic carbocycles. The number of hydrogen-bond donors (Lipinski definition) is 2. The molecule has 6 rings (SSSR count). The van der Waals surface area contributed by atoms with Crippen LogP contribution in [0.3, 0.4) is 0 Å². The number of nitrogens with one attached hydrogen (secondary N) is 1. The van der Waals surface area contributed by atoms with Gasteiger partial charge in [-0.3, -0.25) is 9.41 Å². The van der Waals surface area contributed by atoms with Crippen LogP contribution in [0.4, 0.5) is 8.78 Å². The summed E-state index contributed by atoms with van der Waals surface area (Å²) in [6, 6.07) is 4.55. The number of halogens is 2. The summed E-state index contributed by atoms with van der Waals surface area (Å²) in [5.41, 5.74) is 0.458. The van der Waals surface area contributed by atoms with E-state index in [0.717, 1.165) is 18.5 Å². The first kappa shape index (κ1) is 24.2. The van der Waals surface area contributed by atoms with Crippen molar-refractivity contribution >= 4 is 43.3 Å². The lowest BCUT2D eigenvalue weighted by molar-refractivity contribution is 0.122. The summed E-state index contributed by atoms with van der Waals surface area (Å²) >= 11 is 0.700. The second-order valence-electron chi connectivity index (χ2n) is 9.45. The molecule has 192 valence electrons. The van der Waals surface area contributed by atoms with Gasteiger partial charge in [0, 0.05) is 16.7 Å². The Balaban J connectivity index is 1.58. The van der Waals surface area contributed by atoms with Crippen LogP contribution in [-0.4, -0.2) is 50.0 Å². The van der Waals surface area contributed by atoms with E-state index in [9.17, 15) is 22.3 Å². The largest absolute Gasteiger partial charge is 0.393 e. The van der Waals surface area contributed by atoms with Crippen LogP contribution in [0.15, 0.2) is 29.4 Å². The van der Waals surface area contributed by atoms with E-state index >= 15 is 0 Å². The van der Waals surface area contributed by atoms with Gasteiger partial charge in [0.2, 0.25) is 15.2 Å². The maximum Gasteiger partial charge on any atom is 0.299 e. The van der Waals surface area contributed by atoms with Gasteiger partial charge in [-0.1, -0.05) is 17.4 Å². The monoisotopic (exact) mass is 545 g/mol. The number of sulfonamides is 1. The molecule has 0 spiro atoms. The van der Waals surface area contributed by atoms with Crippen LogP contribution >= 0.6 is 11.3 Å². The van der Waals surface area contributed by atoms with E-state index < -0.39 is 27.1 Å². The summed E-state index contributed by atoms with van der Waals surface area (Å²) in [5.74, 6) is 0.0532. The predicted octanol–water partition coefficient (Wildman–Crippen LogP) is 4.07. The van der Waals surface area contributed by atoms with Crippen LogP contribution in [-0.2, 0) is 10.0 Å². The molecule has 0 aliphatic heterocycles. The molecule has 0 saturated heterocycles. The van der Waals surface area contributed by atoms with Gasteiger partial charge in [-0.2, -0.15) is 0 Å². The van der Waals surface area contributed by atoms with Crippen molar-refractivity contribution in [2.75, 3.05) is 0 Å². The van der Waals surface area contributed by atoms with Crippen LogP contribution in [0.5, 0.6) is 0 Å². The second-order valence-corrected chi connectivity index (χ2v) is 12.1. The van der Waals surface area contributed by atoms with Crippen LogP contribution in [0.2, 0.25) is 0 Å². The van der Waals surface area contributed by atoms with Gasteiger partial charge >= 0.3 is 0 Å². The lowest BCUT2D eigenvalue weighted by Gasteiger charge is -2.25. The highest BCUT2D eigenvalue weighted by atomic mass is 32.2. The summed E-state index contributed by atoms with van der Waals surface area (Å²) in [6.07, 6.45) is 1.85. The first-order valence-electron chi connectivity index (χ1n) is 11.7. The molecule has 0 unspecified atom stereocenters. The van der Waals surface area contributed by atoms with Gasteiger partial charge in [0.25, 0.3) is 12.1 Å². The molecule has 3 aromatic heterocycles. The summed E-state index contributed by atoms with van der Waals surface area (Å²) < 4.78 is 57.0. The highest BCUT2D eigenvalue weighted by Crippen LogP contribution is 2.42. The van der Waals surface area contributed by atoms with Crippen LogP contribution in [0.25, 0.3) is 31.9 Å². The van der Waals surface area contributed by atoms with Gasteiger partial charge in [0.1, 0.15) is 6.33 Å². The van der Waals surface area contributed by atoms with Crippen molar-refractivity contribution in [2.24, 2.45) is 0 Å². The third-order valence-corrected chi connectivity index (χ3v) is 9.45. The van der Waals surface area contributed by atoms with E-state index in [4.69, 9.17) is 6.57 Å². The minimum Gasteiger partial charge on any atom is -0.393 e. The number of fused-ring (bicyclic) bond motifs is 3. The fourth-order valence-corrected chi connectivity index (χ4v) is 7.03. The van der Waals surface area contributed by atoms with E-state index in [-0.39, 0.29) is 22.0 Å². The number of alkyl halides is 2. The van der Waals surface area contributed by atoms with Gasteiger partial charge in [-0.05, 0) is 37.8 Å². The molecule has 2 N–H and O–H groups in total. The van der Waals surface area contributed by atoms with E-state index in [1.165, 1.54) is 23.0 Å². The smallest absolute Gasteiger partial charge is 0.299 e. The van der Waals surface area contributed by atoms with Crippen molar-refractivity contribution < 1.29 is 22.3 Å². The van der Waals surface area contributed by atoms with E-state index in [1.54, 1.807) is 6.07 Å². The topological polar surface area (TPSA) is 127 Å². The normalized spacial score (nSPS) is 21.5. The number of hydrogen-bond acceptors (Lipinski definition) is 8. The SMILES string of the molecule is [C-]#[N+]C1(NS(=O)(=O)c2ccc3c4c(C5CCC(O)CC5)ncnc4n(-c4nnc(C(F)F)s4)c3c2)CC1. The van der Waals surface area contributed by atoms with Crippen molar-refractivity contribution in [3.8, 4) is 5.13 Å². The molecule has 2 saturated carbocycles. The fourth-order valence-electron chi connectivity index (χ4n) is 4.93. The quantitative estimate of drug-likeness (QED) is 0.350. The maximum atomic E-state index is 13.3. The molecule has 4 aromatic rings. The van der Waals surface area contributed by atoms with Gasteiger partial charge in [0.05, 0.1) is 35.1 Å². The summed E-state index contributed by atoms with van der Waals surface area (Å²) in [5, 5.41) is 18.5. The molecule has 37 heavy (non-hydrogen) atoms. The standard InChI is InChI=1S/C23H21F2N7O3S2/c1-26-23(8-9-23)31-37(34,35)14-6-7-15-16(10-14)32(22-30-29-21(36-22)19(24)25)20-17(15)18(27-11-28-20)12-2-4-13(33)5-3-12/h6-7,10-13,19,31,33H,2-5,8-9H2. The van der Waals surface area contributed by atoms with Crippen molar-refractivity contribution in [3.63, 3.8) is 0 Å². The predicted molar refractivity (Wildman–Crippen MR) is 131 cm³/mol. The number of aliphatic hydroxyl groups is 1. The molecule has 3 heterocycles. The highest BCUT2D eigenvalue weighted by Gasteiger charge is 2.54. The molecule has 10 nitrogen and oxygen atoms in total. The van der Waals surface area contributed by atoms with Gasteiger partial charge in [-0.15, -0.1) is 14.9 Å². The Labute approximate surface area is 214 Å². The fraction of sp³-hybridized carbons (Fsp3) is 0.435. The summed E-state index contributed by atoms with van der Waals surface area (Å²) in [7, 11) is -4.03. The molecular formula is C23H21F2N7O3S2. The number of aromatic nitrogens is 5. The van der Waals surface area contributed by atoms with Crippen LogP contribution in [0, 0.1) is 6.57 Å². The average Bonchev–Trinajstić information content (AvgIpc) is 3.32. The Hall–Kier alpha value is -3.12. The Bertz CT molecular complexity index is 1670. The molecule has 0 radical (unpaired) electrons. The number of nitrogens with zero attached hydrogens (tertiary/aromatic N) is 6. The van der Waals surface area contributed by atoms with Crippen molar-refractivity contribution in [2.45, 2.75) is 67.5 Å². The summed E-state index contributed by atoms with van der Waals surface area (Å²) in [6.45, 7) is 7.32. The van der Waals surface area contributed by atoms with E-state index in [1.807, 2.05) is 0 Å². The van der Waals surface area contributed by atoms with Crippen molar-refractivity contribution in [3.05, 3.63) is 46.6 Å². The summed E-state index contributed by atoms with van der Waals surface area (Å²) in [4.78, 5) is 12.4. The minimum atomic E-state index is -4.03. The molecule has 0 bridgehead atoms. The zero-order valence-electron chi connectivity index (χ0n) is 19.3. The lowest BCUT2D eigenvalue weighted by Crippen LogP contribution is -2.34. The Kier molecular flexibility index (Phi) is 5.72. The van der Waals surface area contributed by atoms with Gasteiger partial charge in [-0.25, -0.2) is 33.7 Å². The zero-order chi connectivity index (χ0) is 25.9. The van der Waals surface area contributed by atoms with E-state index in [2.05, 4.69) is 29.7 Å². The highest BCUT2D eigenvalue weighted by molar-refractivity contribution is 7.89. The average molecular weight is 546 g/mol. The molecule has 0 atom stereocenters.